The van der Waals surface area contributed by atoms with E-state index in [1.165, 1.54) is 28.5 Å². The molecule has 2 aliphatic heterocycles. The maximum absolute atomic E-state index is 12.1. The normalized spacial score (nSPS) is 18.8. The van der Waals surface area contributed by atoms with Gasteiger partial charge in [-0.2, -0.15) is 5.10 Å². The van der Waals surface area contributed by atoms with Gasteiger partial charge in [0.05, 0.1) is 29.7 Å². The fraction of sp³-hybridized carbons (Fsp3) is 0.429. The number of carbonyl (C=O) groups is 1. The minimum absolute atomic E-state index is 0.0309. The highest BCUT2D eigenvalue weighted by atomic mass is 16.2. The smallest absolute Gasteiger partial charge is 0.246 e. The molecule has 2 aliphatic rings. The summed E-state index contributed by atoms with van der Waals surface area (Å²) in [7, 11) is 0. The molecule has 5 nitrogen and oxygen atoms in total. The van der Waals surface area contributed by atoms with Gasteiger partial charge in [0.25, 0.3) is 0 Å². The van der Waals surface area contributed by atoms with E-state index in [1.54, 1.807) is 0 Å². The number of carbonyl (C=O) groups excluding carboxylic acids is 1. The SMILES string of the molecule is C=CC(=O)N1Cc2nn(-c3ccc(C(C)C)cc3C)c3c2[C@H](C1)NCC3. The lowest BCUT2D eigenvalue weighted by Gasteiger charge is -2.34. The third kappa shape index (κ3) is 2.67. The Labute approximate surface area is 154 Å². The number of amides is 1. The molecule has 1 aromatic carbocycles. The van der Waals surface area contributed by atoms with E-state index < -0.39 is 0 Å². The first kappa shape index (κ1) is 17.0. The Hall–Kier alpha value is -2.40. The molecule has 0 saturated carbocycles. The molecule has 1 amide bonds. The number of hydrogen-bond acceptors (Lipinski definition) is 3. The largest absolute Gasteiger partial charge is 0.331 e. The topological polar surface area (TPSA) is 50.2 Å². The van der Waals surface area contributed by atoms with E-state index in [4.69, 9.17) is 5.10 Å². The molecule has 2 aromatic rings. The van der Waals surface area contributed by atoms with Crippen LogP contribution in [0.5, 0.6) is 0 Å². The van der Waals surface area contributed by atoms with Crippen molar-refractivity contribution in [2.75, 3.05) is 13.1 Å². The summed E-state index contributed by atoms with van der Waals surface area (Å²) >= 11 is 0. The van der Waals surface area contributed by atoms with Gasteiger partial charge in [-0.15, -0.1) is 0 Å². The van der Waals surface area contributed by atoms with E-state index in [0.29, 0.717) is 19.0 Å². The molecule has 0 unspecified atom stereocenters. The van der Waals surface area contributed by atoms with E-state index in [0.717, 1.165) is 24.3 Å². The number of nitrogens with zero attached hydrogens (tertiary/aromatic N) is 3. The molecule has 5 heteroatoms. The molecule has 0 saturated heterocycles. The van der Waals surface area contributed by atoms with Crippen LogP contribution >= 0.6 is 0 Å². The van der Waals surface area contributed by atoms with Crippen LogP contribution in [-0.4, -0.2) is 33.7 Å². The zero-order valence-corrected chi connectivity index (χ0v) is 15.7. The zero-order chi connectivity index (χ0) is 18.4. The van der Waals surface area contributed by atoms with Crippen LogP contribution in [0.2, 0.25) is 0 Å². The molecular weight excluding hydrogens is 324 g/mol. The second-order valence-electron chi connectivity index (χ2n) is 7.60. The first-order valence-electron chi connectivity index (χ1n) is 9.36. The van der Waals surface area contributed by atoms with Gasteiger partial charge in [-0.3, -0.25) is 4.79 Å². The summed E-state index contributed by atoms with van der Waals surface area (Å²) < 4.78 is 2.11. The Morgan fingerprint density at radius 1 is 1.42 bits per heavy atom. The summed E-state index contributed by atoms with van der Waals surface area (Å²) in [5.74, 6) is 0.482. The van der Waals surface area contributed by atoms with Gasteiger partial charge in [-0.25, -0.2) is 4.68 Å². The Kier molecular flexibility index (Phi) is 4.19. The number of benzene rings is 1. The highest BCUT2D eigenvalue weighted by Gasteiger charge is 2.35. The second kappa shape index (κ2) is 6.40. The van der Waals surface area contributed by atoms with Gasteiger partial charge in [-0.1, -0.05) is 32.6 Å². The van der Waals surface area contributed by atoms with Crippen molar-refractivity contribution in [3.63, 3.8) is 0 Å². The Bertz CT molecular complexity index is 880. The highest BCUT2D eigenvalue weighted by molar-refractivity contribution is 5.87. The summed E-state index contributed by atoms with van der Waals surface area (Å²) in [6, 6.07) is 6.81. The van der Waals surface area contributed by atoms with Gasteiger partial charge in [0.1, 0.15) is 0 Å². The van der Waals surface area contributed by atoms with Crippen molar-refractivity contribution in [2.45, 2.75) is 45.7 Å². The van der Waals surface area contributed by atoms with E-state index >= 15 is 0 Å². The lowest BCUT2D eigenvalue weighted by Crippen LogP contribution is -2.44. The van der Waals surface area contributed by atoms with Crippen LogP contribution in [0.3, 0.4) is 0 Å². The molecule has 0 bridgehead atoms. The molecule has 1 aromatic heterocycles. The third-order valence-corrected chi connectivity index (χ3v) is 5.54. The number of nitrogens with one attached hydrogen (secondary N) is 1. The molecule has 136 valence electrons. The Morgan fingerprint density at radius 2 is 2.23 bits per heavy atom. The summed E-state index contributed by atoms with van der Waals surface area (Å²) in [5.41, 5.74) is 7.30. The van der Waals surface area contributed by atoms with Crippen LogP contribution in [0.4, 0.5) is 0 Å². The molecule has 1 atom stereocenters. The van der Waals surface area contributed by atoms with Crippen LogP contribution in [-0.2, 0) is 17.8 Å². The quantitative estimate of drug-likeness (QED) is 0.866. The monoisotopic (exact) mass is 350 g/mol. The molecule has 0 aliphatic carbocycles. The average Bonchev–Trinajstić information content (AvgIpc) is 3.01. The fourth-order valence-corrected chi connectivity index (χ4v) is 4.14. The van der Waals surface area contributed by atoms with Crippen LogP contribution in [0.15, 0.2) is 30.9 Å². The van der Waals surface area contributed by atoms with E-state index in [9.17, 15) is 4.79 Å². The fourth-order valence-electron chi connectivity index (χ4n) is 4.14. The Balaban J connectivity index is 1.79. The number of hydrogen-bond donors (Lipinski definition) is 1. The number of aromatic nitrogens is 2. The summed E-state index contributed by atoms with van der Waals surface area (Å²) in [4.78, 5) is 13.9. The summed E-state index contributed by atoms with van der Waals surface area (Å²) in [6.07, 6.45) is 2.35. The maximum atomic E-state index is 12.1. The molecule has 0 fully saturated rings. The molecule has 4 rings (SSSR count). The van der Waals surface area contributed by atoms with Gasteiger partial charge in [0, 0.05) is 25.1 Å². The van der Waals surface area contributed by atoms with Crippen molar-refractivity contribution in [3.8, 4) is 5.69 Å². The van der Waals surface area contributed by atoms with Crippen LogP contribution < -0.4 is 5.32 Å². The highest BCUT2D eigenvalue weighted by Crippen LogP contribution is 2.34. The van der Waals surface area contributed by atoms with E-state index in [2.05, 4.69) is 55.5 Å². The lowest BCUT2D eigenvalue weighted by atomic mass is 9.94. The molecule has 0 spiro atoms. The molecular formula is C21H26N4O. The average molecular weight is 350 g/mol. The maximum Gasteiger partial charge on any atom is 0.246 e. The van der Waals surface area contributed by atoms with Crippen molar-refractivity contribution < 1.29 is 4.79 Å². The van der Waals surface area contributed by atoms with Gasteiger partial charge in [0.15, 0.2) is 0 Å². The van der Waals surface area contributed by atoms with Crippen LogP contribution in [0, 0.1) is 6.92 Å². The summed E-state index contributed by atoms with van der Waals surface area (Å²) in [6.45, 7) is 12.4. The van der Waals surface area contributed by atoms with Crippen molar-refractivity contribution in [1.29, 1.82) is 0 Å². The van der Waals surface area contributed by atoms with Gasteiger partial charge in [-0.05, 0) is 36.1 Å². The van der Waals surface area contributed by atoms with Crippen molar-refractivity contribution in [1.82, 2.24) is 20.0 Å². The minimum atomic E-state index is -0.0309. The molecule has 3 heterocycles. The predicted octanol–water partition coefficient (Wildman–Crippen LogP) is 3.02. The standard InChI is InChI=1S/C21H26N4O/c1-5-20(26)24-11-16-21-17(12-24)23-25(19(21)8-9-22-16)18-7-6-15(13(2)3)10-14(18)4/h5-7,10,13,16,22H,1,8-9,11-12H2,2-4H3/t16-/m0/s1. The van der Waals surface area contributed by atoms with Crippen molar-refractivity contribution in [2.24, 2.45) is 0 Å². The first-order chi connectivity index (χ1) is 12.5. The lowest BCUT2D eigenvalue weighted by molar-refractivity contribution is -0.127. The van der Waals surface area contributed by atoms with Crippen LogP contribution in [0.25, 0.3) is 5.69 Å². The zero-order valence-electron chi connectivity index (χ0n) is 15.7. The Morgan fingerprint density at radius 3 is 2.92 bits per heavy atom. The minimum Gasteiger partial charge on any atom is -0.331 e. The molecule has 26 heavy (non-hydrogen) atoms. The third-order valence-electron chi connectivity index (χ3n) is 5.54. The van der Waals surface area contributed by atoms with Crippen molar-refractivity contribution >= 4 is 5.91 Å². The summed E-state index contributed by atoms with van der Waals surface area (Å²) in [5, 5.41) is 8.48. The van der Waals surface area contributed by atoms with E-state index in [-0.39, 0.29) is 11.9 Å². The molecule has 1 N–H and O–H groups in total. The van der Waals surface area contributed by atoms with E-state index in [1.807, 2.05) is 4.90 Å². The van der Waals surface area contributed by atoms with Gasteiger partial charge < -0.3 is 10.2 Å². The second-order valence-corrected chi connectivity index (χ2v) is 7.60. The predicted molar refractivity (Wildman–Crippen MR) is 102 cm³/mol. The van der Waals surface area contributed by atoms with Crippen molar-refractivity contribution in [3.05, 3.63) is 58.9 Å². The molecule has 0 radical (unpaired) electrons. The first-order valence-corrected chi connectivity index (χ1v) is 9.36. The van der Waals surface area contributed by atoms with Gasteiger partial charge >= 0.3 is 0 Å². The number of rotatable bonds is 3. The number of aryl methyl sites for hydroxylation is 1. The van der Waals surface area contributed by atoms with Gasteiger partial charge in [0.2, 0.25) is 5.91 Å². The van der Waals surface area contributed by atoms with Crippen LogP contribution in [0.1, 0.15) is 53.9 Å².